The minimum absolute atomic E-state index is 0.0222. The Morgan fingerprint density at radius 3 is 2.45 bits per heavy atom. The zero-order valence-corrected chi connectivity index (χ0v) is 11.5. The first-order valence-corrected chi connectivity index (χ1v) is 6.29. The minimum Gasteiger partial charge on any atom is -0.355 e. The summed E-state index contributed by atoms with van der Waals surface area (Å²) < 4.78 is 27.1. The van der Waals surface area contributed by atoms with Crippen molar-refractivity contribution < 1.29 is 13.6 Å². The number of nitrogens with zero attached hydrogens (tertiary/aromatic N) is 1. The quantitative estimate of drug-likeness (QED) is 0.834. The summed E-state index contributed by atoms with van der Waals surface area (Å²) in [5.41, 5.74) is -0.251. The van der Waals surface area contributed by atoms with Gasteiger partial charge in [-0.1, -0.05) is 13.8 Å². The molecule has 0 heterocycles. The molecule has 1 aromatic rings. The molecule has 1 amide bonds. The van der Waals surface area contributed by atoms with Crippen molar-refractivity contribution in [2.24, 2.45) is 5.92 Å². The van der Waals surface area contributed by atoms with Gasteiger partial charge in [-0.05, 0) is 18.1 Å². The Morgan fingerprint density at radius 1 is 1.35 bits per heavy atom. The second-order valence-electron chi connectivity index (χ2n) is 4.83. The summed E-state index contributed by atoms with van der Waals surface area (Å²) in [5, 5.41) is 13.9. The number of hydrogen-bond acceptors (Lipinski definition) is 3. The van der Waals surface area contributed by atoms with Crippen molar-refractivity contribution in [3.8, 4) is 6.07 Å². The van der Waals surface area contributed by atoms with Gasteiger partial charge in [-0.25, -0.2) is 8.78 Å². The van der Waals surface area contributed by atoms with Gasteiger partial charge in [-0.15, -0.1) is 0 Å². The molecule has 0 saturated carbocycles. The maximum atomic E-state index is 13.5. The van der Waals surface area contributed by atoms with E-state index in [1.165, 1.54) is 0 Å². The first-order chi connectivity index (χ1) is 9.43. The van der Waals surface area contributed by atoms with Crippen LogP contribution in [0.3, 0.4) is 0 Å². The zero-order valence-electron chi connectivity index (χ0n) is 11.5. The lowest BCUT2D eigenvalue weighted by Gasteiger charge is -2.09. The lowest BCUT2D eigenvalue weighted by molar-refractivity contribution is -0.120. The molecule has 0 bridgehead atoms. The summed E-state index contributed by atoms with van der Waals surface area (Å²) in [6.45, 7) is 4.36. The SMILES string of the molecule is CC(C)CNC(=O)CNCc1c(F)cc(C#N)cc1F. The van der Waals surface area contributed by atoms with Crippen LogP contribution in [0.2, 0.25) is 0 Å². The molecule has 0 fully saturated rings. The van der Waals surface area contributed by atoms with Crippen LogP contribution >= 0.6 is 0 Å². The summed E-state index contributed by atoms with van der Waals surface area (Å²) >= 11 is 0. The standard InChI is InChI=1S/C14H17F2N3O/c1-9(2)6-19-14(20)8-18-7-11-12(15)3-10(5-17)4-13(11)16/h3-4,9,18H,6-8H2,1-2H3,(H,19,20). The van der Waals surface area contributed by atoms with Gasteiger partial charge in [0.1, 0.15) is 11.6 Å². The van der Waals surface area contributed by atoms with Gasteiger partial charge in [-0.2, -0.15) is 5.26 Å². The largest absolute Gasteiger partial charge is 0.355 e. The van der Waals surface area contributed by atoms with Gasteiger partial charge >= 0.3 is 0 Å². The third-order valence-electron chi connectivity index (χ3n) is 2.56. The molecule has 0 aliphatic carbocycles. The Hall–Kier alpha value is -2.00. The molecule has 0 atom stereocenters. The van der Waals surface area contributed by atoms with E-state index in [4.69, 9.17) is 5.26 Å². The number of nitriles is 1. The molecule has 0 aromatic heterocycles. The zero-order chi connectivity index (χ0) is 15.1. The highest BCUT2D eigenvalue weighted by molar-refractivity contribution is 5.77. The molecule has 108 valence electrons. The smallest absolute Gasteiger partial charge is 0.233 e. The van der Waals surface area contributed by atoms with Gasteiger partial charge in [-0.3, -0.25) is 4.79 Å². The van der Waals surface area contributed by atoms with E-state index < -0.39 is 11.6 Å². The number of amides is 1. The molecule has 0 saturated heterocycles. The van der Waals surface area contributed by atoms with Crippen molar-refractivity contribution >= 4 is 5.91 Å². The van der Waals surface area contributed by atoms with E-state index in [2.05, 4.69) is 10.6 Å². The lowest BCUT2D eigenvalue weighted by Crippen LogP contribution is -2.35. The predicted octanol–water partition coefficient (Wildman–Crippen LogP) is 1.70. The highest BCUT2D eigenvalue weighted by Gasteiger charge is 2.11. The fourth-order valence-corrected chi connectivity index (χ4v) is 1.52. The number of rotatable bonds is 6. The van der Waals surface area contributed by atoms with Crippen molar-refractivity contribution in [3.63, 3.8) is 0 Å². The molecule has 0 aliphatic rings. The fraction of sp³-hybridized carbons (Fsp3) is 0.429. The number of nitrogens with one attached hydrogen (secondary N) is 2. The summed E-state index contributed by atoms with van der Waals surface area (Å²) in [6, 6.07) is 3.62. The number of halogens is 2. The Bertz CT molecular complexity index is 501. The van der Waals surface area contributed by atoms with Gasteiger partial charge in [0, 0.05) is 18.7 Å². The van der Waals surface area contributed by atoms with Crippen LogP contribution in [-0.4, -0.2) is 19.0 Å². The Kier molecular flexibility index (Phi) is 6.07. The topological polar surface area (TPSA) is 64.9 Å². The van der Waals surface area contributed by atoms with Crippen LogP contribution in [0.25, 0.3) is 0 Å². The lowest BCUT2D eigenvalue weighted by atomic mass is 10.1. The molecule has 0 spiro atoms. The Balaban J connectivity index is 2.51. The second kappa shape index (κ2) is 7.56. The molecule has 0 radical (unpaired) electrons. The summed E-state index contributed by atoms with van der Waals surface area (Å²) in [5.74, 6) is -1.48. The number of carbonyl (C=O) groups is 1. The van der Waals surface area contributed by atoms with E-state index in [9.17, 15) is 13.6 Å². The summed E-state index contributed by atoms with van der Waals surface area (Å²) in [6.07, 6.45) is 0. The number of hydrogen-bond donors (Lipinski definition) is 2. The molecular weight excluding hydrogens is 264 g/mol. The van der Waals surface area contributed by atoms with E-state index >= 15 is 0 Å². The van der Waals surface area contributed by atoms with Crippen LogP contribution in [0.4, 0.5) is 8.78 Å². The Labute approximate surface area is 116 Å². The maximum Gasteiger partial charge on any atom is 0.233 e. The highest BCUT2D eigenvalue weighted by Crippen LogP contribution is 2.14. The van der Waals surface area contributed by atoms with E-state index in [-0.39, 0.29) is 30.1 Å². The first-order valence-electron chi connectivity index (χ1n) is 6.29. The molecule has 6 heteroatoms. The van der Waals surface area contributed by atoms with E-state index in [0.29, 0.717) is 12.5 Å². The number of carbonyl (C=O) groups excluding carboxylic acids is 1. The van der Waals surface area contributed by atoms with Crippen LogP contribution < -0.4 is 10.6 Å². The molecule has 4 nitrogen and oxygen atoms in total. The van der Waals surface area contributed by atoms with Crippen LogP contribution in [0.15, 0.2) is 12.1 Å². The second-order valence-corrected chi connectivity index (χ2v) is 4.83. The van der Waals surface area contributed by atoms with Gasteiger partial charge in [0.2, 0.25) is 5.91 Å². The molecular formula is C14H17F2N3O. The maximum absolute atomic E-state index is 13.5. The van der Waals surface area contributed by atoms with Crippen molar-refractivity contribution in [2.45, 2.75) is 20.4 Å². The van der Waals surface area contributed by atoms with Crippen molar-refractivity contribution in [3.05, 3.63) is 34.9 Å². The van der Waals surface area contributed by atoms with Gasteiger partial charge in [0.05, 0.1) is 18.2 Å². The van der Waals surface area contributed by atoms with Gasteiger partial charge in [0.15, 0.2) is 0 Å². The van der Waals surface area contributed by atoms with Gasteiger partial charge < -0.3 is 10.6 Å². The van der Waals surface area contributed by atoms with Crippen molar-refractivity contribution in [1.82, 2.24) is 10.6 Å². The summed E-state index contributed by atoms with van der Waals surface area (Å²) in [7, 11) is 0. The third-order valence-corrected chi connectivity index (χ3v) is 2.56. The normalized spacial score (nSPS) is 10.4. The molecule has 2 N–H and O–H groups in total. The molecule has 0 unspecified atom stereocenters. The van der Waals surface area contributed by atoms with Crippen LogP contribution in [0.5, 0.6) is 0 Å². The average molecular weight is 281 g/mol. The first kappa shape index (κ1) is 16.1. The van der Waals surface area contributed by atoms with E-state index in [1.54, 1.807) is 6.07 Å². The summed E-state index contributed by atoms with van der Waals surface area (Å²) in [4.78, 5) is 11.4. The predicted molar refractivity (Wildman–Crippen MR) is 70.6 cm³/mol. The minimum atomic E-state index is -0.795. The monoisotopic (exact) mass is 281 g/mol. The molecule has 0 aliphatic heterocycles. The third kappa shape index (κ3) is 4.94. The van der Waals surface area contributed by atoms with E-state index in [1.807, 2.05) is 13.8 Å². The number of benzene rings is 1. The van der Waals surface area contributed by atoms with Crippen LogP contribution in [0.1, 0.15) is 25.0 Å². The van der Waals surface area contributed by atoms with Gasteiger partial charge in [0.25, 0.3) is 0 Å². The molecule has 1 rings (SSSR count). The van der Waals surface area contributed by atoms with Crippen LogP contribution in [-0.2, 0) is 11.3 Å². The molecule has 20 heavy (non-hydrogen) atoms. The van der Waals surface area contributed by atoms with Crippen molar-refractivity contribution in [2.75, 3.05) is 13.1 Å². The van der Waals surface area contributed by atoms with E-state index in [0.717, 1.165) is 12.1 Å². The van der Waals surface area contributed by atoms with Crippen molar-refractivity contribution in [1.29, 1.82) is 5.26 Å². The fourth-order valence-electron chi connectivity index (χ4n) is 1.52. The molecule has 1 aromatic carbocycles. The van der Waals surface area contributed by atoms with Crippen LogP contribution in [0, 0.1) is 28.9 Å². The highest BCUT2D eigenvalue weighted by atomic mass is 19.1. The Morgan fingerprint density at radius 2 is 1.95 bits per heavy atom. The average Bonchev–Trinajstić information content (AvgIpc) is 2.39.